The maximum Gasteiger partial charge on any atom is -0.00821 e. The summed E-state index contributed by atoms with van der Waals surface area (Å²) in [5.41, 5.74) is 2.63. The van der Waals surface area contributed by atoms with Crippen LogP contribution in [0.1, 0.15) is 38.5 Å². The Hall–Kier alpha value is -0.260. The van der Waals surface area contributed by atoms with Gasteiger partial charge < -0.3 is 0 Å². The summed E-state index contributed by atoms with van der Waals surface area (Å²) in [5.74, 6) is 1.01. The van der Waals surface area contributed by atoms with E-state index < -0.39 is 0 Å². The Kier molecular flexibility index (Phi) is 0.805. The zero-order chi connectivity index (χ0) is 6.60. The van der Waals surface area contributed by atoms with Crippen LogP contribution < -0.4 is 0 Å². The van der Waals surface area contributed by atoms with Crippen LogP contribution in [0.3, 0.4) is 0 Å². The summed E-state index contributed by atoms with van der Waals surface area (Å²) in [4.78, 5) is 0. The van der Waals surface area contributed by atoms with Crippen LogP contribution in [0.15, 0.2) is 11.6 Å². The number of hydrogen-bond acceptors (Lipinski definition) is 0. The van der Waals surface area contributed by atoms with Crippen LogP contribution in [0.25, 0.3) is 0 Å². The van der Waals surface area contributed by atoms with Gasteiger partial charge >= 0.3 is 0 Å². The molecule has 0 aliphatic heterocycles. The first-order valence-corrected chi connectivity index (χ1v) is 4.60. The van der Waals surface area contributed by atoms with Gasteiger partial charge in [-0.1, -0.05) is 11.6 Å². The van der Waals surface area contributed by atoms with Gasteiger partial charge in [-0.05, 0) is 49.9 Å². The van der Waals surface area contributed by atoms with Gasteiger partial charge in [0.05, 0.1) is 0 Å². The first-order valence-electron chi connectivity index (χ1n) is 4.60. The number of allylic oxidation sites excluding steroid dienone is 2. The highest BCUT2D eigenvalue weighted by Gasteiger charge is 2.48. The molecule has 3 aliphatic carbocycles. The molecule has 2 fully saturated rings. The third-order valence-corrected chi connectivity index (χ3v) is 3.87. The summed E-state index contributed by atoms with van der Waals surface area (Å²) in [5, 5.41) is 0. The average Bonchev–Trinajstić information content (AvgIpc) is 2.48. The molecule has 2 unspecified atom stereocenters. The van der Waals surface area contributed by atoms with Gasteiger partial charge in [-0.25, -0.2) is 0 Å². The van der Waals surface area contributed by atoms with E-state index in [1.807, 2.05) is 5.57 Å². The Morgan fingerprint density at radius 1 is 1.40 bits per heavy atom. The number of hydrogen-bond donors (Lipinski definition) is 0. The van der Waals surface area contributed by atoms with Crippen molar-refractivity contribution in [3.8, 4) is 0 Å². The quantitative estimate of drug-likeness (QED) is 0.447. The molecule has 0 radical (unpaired) electrons. The lowest BCUT2D eigenvalue weighted by Gasteiger charge is -2.22. The first-order chi connectivity index (χ1) is 4.89. The normalized spacial score (nSPS) is 49.6. The molecule has 1 spiro atoms. The Bertz CT molecular complexity index is 198. The molecule has 2 bridgehead atoms. The largest absolute Gasteiger partial charge is 0.0816 e. The van der Waals surface area contributed by atoms with Gasteiger partial charge in [0.15, 0.2) is 0 Å². The zero-order valence-electron chi connectivity index (χ0n) is 6.40. The maximum absolute atomic E-state index is 2.59. The first kappa shape index (κ1) is 5.40. The minimum Gasteiger partial charge on any atom is -0.0816 e. The van der Waals surface area contributed by atoms with Gasteiger partial charge in [-0.3, -0.25) is 0 Å². The highest BCUT2D eigenvalue weighted by atomic mass is 14.5. The highest BCUT2D eigenvalue weighted by Crippen LogP contribution is 2.61. The van der Waals surface area contributed by atoms with Gasteiger partial charge in [0, 0.05) is 0 Å². The SMILES string of the molecule is C1=C2CCCC23CCC1C3. The fourth-order valence-corrected chi connectivity index (χ4v) is 3.42. The van der Waals surface area contributed by atoms with Crippen molar-refractivity contribution in [2.24, 2.45) is 11.3 Å². The van der Waals surface area contributed by atoms with Crippen LogP contribution >= 0.6 is 0 Å². The molecule has 2 saturated carbocycles. The second kappa shape index (κ2) is 1.49. The molecule has 10 heavy (non-hydrogen) atoms. The van der Waals surface area contributed by atoms with E-state index in [9.17, 15) is 0 Å². The van der Waals surface area contributed by atoms with Gasteiger partial charge in [-0.2, -0.15) is 0 Å². The van der Waals surface area contributed by atoms with Crippen LogP contribution in [0.2, 0.25) is 0 Å². The average molecular weight is 134 g/mol. The van der Waals surface area contributed by atoms with Crippen molar-refractivity contribution in [3.05, 3.63) is 11.6 Å². The molecule has 54 valence electrons. The van der Waals surface area contributed by atoms with E-state index in [2.05, 4.69) is 6.08 Å². The van der Waals surface area contributed by atoms with E-state index in [0.29, 0.717) is 0 Å². The molecule has 3 rings (SSSR count). The van der Waals surface area contributed by atoms with Gasteiger partial charge in [-0.15, -0.1) is 0 Å². The summed E-state index contributed by atoms with van der Waals surface area (Å²) >= 11 is 0. The molecule has 0 heteroatoms. The molecule has 0 aromatic heterocycles. The summed E-state index contributed by atoms with van der Waals surface area (Å²) in [6.45, 7) is 0. The summed E-state index contributed by atoms with van der Waals surface area (Å²) in [6, 6.07) is 0. The van der Waals surface area contributed by atoms with E-state index >= 15 is 0 Å². The van der Waals surface area contributed by atoms with Crippen molar-refractivity contribution in [1.29, 1.82) is 0 Å². The van der Waals surface area contributed by atoms with E-state index in [0.717, 1.165) is 11.3 Å². The van der Waals surface area contributed by atoms with Crippen molar-refractivity contribution in [2.45, 2.75) is 38.5 Å². The minimum atomic E-state index is 0.782. The van der Waals surface area contributed by atoms with E-state index in [-0.39, 0.29) is 0 Å². The van der Waals surface area contributed by atoms with Gasteiger partial charge in [0.25, 0.3) is 0 Å². The molecule has 0 N–H and O–H groups in total. The summed E-state index contributed by atoms with van der Waals surface area (Å²) in [6.07, 6.45) is 11.6. The van der Waals surface area contributed by atoms with Crippen molar-refractivity contribution in [3.63, 3.8) is 0 Å². The molecular weight excluding hydrogens is 120 g/mol. The Morgan fingerprint density at radius 2 is 2.40 bits per heavy atom. The molecule has 0 aromatic carbocycles. The van der Waals surface area contributed by atoms with Gasteiger partial charge in [0.1, 0.15) is 0 Å². The lowest BCUT2D eigenvalue weighted by Crippen LogP contribution is -2.10. The van der Waals surface area contributed by atoms with Crippen LogP contribution in [0.5, 0.6) is 0 Å². The van der Waals surface area contributed by atoms with Crippen molar-refractivity contribution < 1.29 is 0 Å². The van der Waals surface area contributed by atoms with E-state index in [1.54, 1.807) is 0 Å². The van der Waals surface area contributed by atoms with Crippen molar-refractivity contribution in [1.82, 2.24) is 0 Å². The second-order valence-electron chi connectivity index (χ2n) is 4.33. The monoisotopic (exact) mass is 134 g/mol. The zero-order valence-corrected chi connectivity index (χ0v) is 6.40. The third kappa shape index (κ3) is 0.457. The predicted molar refractivity (Wildman–Crippen MR) is 41.7 cm³/mol. The summed E-state index contributed by atoms with van der Waals surface area (Å²) in [7, 11) is 0. The van der Waals surface area contributed by atoms with Crippen LogP contribution in [-0.4, -0.2) is 0 Å². The molecule has 2 atom stereocenters. The Morgan fingerprint density at radius 3 is 3.20 bits per heavy atom. The minimum absolute atomic E-state index is 0.782. The standard InChI is InChI=1S/C10H14/c1-2-9-6-8-3-5-10(9,4-1)7-8/h6,8H,1-5,7H2. The summed E-state index contributed by atoms with van der Waals surface area (Å²) < 4.78 is 0. The topological polar surface area (TPSA) is 0 Å². The lowest BCUT2D eigenvalue weighted by molar-refractivity contribution is 0.388. The van der Waals surface area contributed by atoms with Crippen molar-refractivity contribution >= 4 is 0 Å². The van der Waals surface area contributed by atoms with Crippen LogP contribution in [-0.2, 0) is 0 Å². The van der Waals surface area contributed by atoms with Crippen molar-refractivity contribution in [2.75, 3.05) is 0 Å². The van der Waals surface area contributed by atoms with E-state index in [1.165, 1.54) is 38.5 Å². The van der Waals surface area contributed by atoms with Crippen LogP contribution in [0, 0.1) is 11.3 Å². The number of rotatable bonds is 0. The molecule has 3 aliphatic rings. The fourth-order valence-electron chi connectivity index (χ4n) is 3.42. The molecule has 0 nitrogen and oxygen atoms in total. The Labute approximate surface area is 62.3 Å². The molecule has 0 aromatic rings. The lowest BCUT2D eigenvalue weighted by atomic mass is 9.83. The fraction of sp³-hybridized carbons (Fsp3) is 0.800. The van der Waals surface area contributed by atoms with Gasteiger partial charge in [0.2, 0.25) is 0 Å². The third-order valence-electron chi connectivity index (χ3n) is 3.87. The smallest absolute Gasteiger partial charge is 0.00821 e. The molecule has 0 heterocycles. The predicted octanol–water partition coefficient (Wildman–Crippen LogP) is 2.90. The molecule has 0 saturated heterocycles. The maximum atomic E-state index is 2.59. The second-order valence-corrected chi connectivity index (χ2v) is 4.33. The molecule has 0 amide bonds. The highest BCUT2D eigenvalue weighted by molar-refractivity contribution is 5.29. The molecular formula is C10H14. The van der Waals surface area contributed by atoms with Crippen LogP contribution in [0.4, 0.5) is 0 Å². The Balaban J connectivity index is 2.11. The van der Waals surface area contributed by atoms with E-state index in [4.69, 9.17) is 0 Å². The number of fused-ring (bicyclic) bond motifs is 1.